The zero-order valence-electron chi connectivity index (χ0n) is 23.8. The molecular weight excluding hydrogens is 476 g/mol. The van der Waals surface area contributed by atoms with Gasteiger partial charge < -0.3 is 10.8 Å². The van der Waals surface area contributed by atoms with Gasteiger partial charge in [-0.1, -0.05) is 81.3 Å². The highest BCUT2D eigenvalue weighted by Gasteiger charge is 2.44. The first kappa shape index (κ1) is 31.2. The highest BCUT2D eigenvalue weighted by Crippen LogP contribution is 2.51. The molecule has 3 N–H and O–H groups in total. The van der Waals surface area contributed by atoms with Crippen molar-refractivity contribution in [2.24, 2.45) is 11.1 Å². The van der Waals surface area contributed by atoms with Gasteiger partial charge in [-0.2, -0.15) is 0 Å². The van der Waals surface area contributed by atoms with Crippen LogP contribution >= 0.6 is 0 Å². The number of allylic oxidation sites excluding steroid dienone is 5. The Morgan fingerprint density at radius 1 is 1.13 bits per heavy atom. The van der Waals surface area contributed by atoms with E-state index in [1.807, 2.05) is 18.2 Å². The van der Waals surface area contributed by atoms with Crippen molar-refractivity contribution in [1.29, 1.82) is 0 Å². The van der Waals surface area contributed by atoms with E-state index in [1.54, 1.807) is 12.1 Å². The lowest BCUT2D eigenvalue weighted by Crippen LogP contribution is -2.30. The monoisotopic (exact) mass is 521 g/mol. The maximum atomic E-state index is 13.2. The second-order valence-corrected chi connectivity index (χ2v) is 10.6. The summed E-state index contributed by atoms with van der Waals surface area (Å²) >= 11 is 0. The molecule has 2 atom stereocenters. The van der Waals surface area contributed by atoms with Crippen molar-refractivity contribution < 1.29 is 13.9 Å². The number of hydrogen-bond donors (Lipinski definition) is 2. The molecule has 0 aromatic heterocycles. The van der Waals surface area contributed by atoms with Crippen LogP contribution in [-0.4, -0.2) is 11.2 Å². The molecule has 38 heavy (non-hydrogen) atoms. The van der Waals surface area contributed by atoms with Crippen molar-refractivity contribution in [3.63, 3.8) is 0 Å². The van der Waals surface area contributed by atoms with E-state index < -0.39 is 0 Å². The minimum atomic E-state index is -0.248. The number of benzene rings is 2. The van der Waals surface area contributed by atoms with Crippen LogP contribution in [0.4, 0.5) is 8.78 Å². The quantitative estimate of drug-likeness (QED) is 0.400. The van der Waals surface area contributed by atoms with E-state index in [0.717, 1.165) is 61.6 Å². The van der Waals surface area contributed by atoms with Gasteiger partial charge in [-0.15, -0.1) is 0 Å². The van der Waals surface area contributed by atoms with Crippen molar-refractivity contribution in [3.8, 4) is 0 Å². The zero-order chi connectivity index (χ0) is 28.3. The number of nitrogens with two attached hydrogens (primary N) is 1. The van der Waals surface area contributed by atoms with Crippen LogP contribution in [0.1, 0.15) is 77.0 Å². The van der Waals surface area contributed by atoms with Gasteiger partial charge in [0.1, 0.15) is 11.6 Å². The minimum absolute atomic E-state index is 0.0452. The summed E-state index contributed by atoms with van der Waals surface area (Å²) in [6.45, 7) is 13.7. The van der Waals surface area contributed by atoms with Gasteiger partial charge >= 0.3 is 0 Å². The van der Waals surface area contributed by atoms with Crippen LogP contribution in [0.3, 0.4) is 0 Å². The third-order valence-corrected chi connectivity index (χ3v) is 7.34. The van der Waals surface area contributed by atoms with Crippen LogP contribution in [0.15, 0.2) is 89.7 Å². The molecule has 206 valence electrons. The van der Waals surface area contributed by atoms with Crippen molar-refractivity contribution >= 4 is 0 Å². The molecule has 2 aromatic rings. The fraction of sp³-hybridized carbons (Fsp3) is 0.412. The van der Waals surface area contributed by atoms with Crippen molar-refractivity contribution in [3.05, 3.63) is 118 Å². The standard InChI is InChI=1S/C21H25FO.C11H15F.C2H5N/c1-14(2)10-17-13-21(3)18(6-9-20(21)23)12-16(17)11-15-4-7-19(22)8-5-15;1-3-6-10-9(4-2)7-5-8-11(10)12;1-2-3/h4-5,7-8,10,12,20,23H,6,9,11,13H2,1-3H3;5,7-8H,3-4,6H2,1-2H3;2H,1,3H2. The molecule has 2 nitrogen and oxygen atoms in total. The molecule has 4 heteroatoms. The highest BCUT2D eigenvalue weighted by atomic mass is 19.1. The highest BCUT2D eigenvalue weighted by molar-refractivity contribution is 5.47. The fourth-order valence-corrected chi connectivity index (χ4v) is 5.33. The zero-order valence-corrected chi connectivity index (χ0v) is 23.8. The van der Waals surface area contributed by atoms with Gasteiger partial charge in [0.15, 0.2) is 0 Å². The van der Waals surface area contributed by atoms with Crippen molar-refractivity contribution in [1.82, 2.24) is 0 Å². The minimum Gasteiger partial charge on any atom is -0.405 e. The SMILES string of the molecule is C=CN.CC(C)=CC1=C(Cc2ccc(F)cc2)C=C2CCC(O)C2(C)C1.CCCc1c(F)cccc1CC. The molecule has 4 rings (SSSR count). The van der Waals surface area contributed by atoms with Gasteiger partial charge in [0.25, 0.3) is 0 Å². The van der Waals surface area contributed by atoms with E-state index in [-0.39, 0.29) is 23.2 Å². The Hall–Kier alpha value is -2.98. The molecule has 0 radical (unpaired) electrons. The average molecular weight is 522 g/mol. The summed E-state index contributed by atoms with van der Waals surface area (Å²) in [6.07, 6.45) is 11.9. The Bertz CT molecular complexity index is 1160. The van der Waals surface area contributed by atoms with Gasteiger partial charge in [0, 0.05) is 5.41 Å². The summed E-state index contributed by atoms with van der Waals surface area (Å²) in [7, 11) is 0. The first-order valence-corrected chi connectivity index (χ1v) is 13.7. The molecule has 2 aliphatic carbocycles. The first-order valence-electron chi connectivity index (χ1n) is 13.7. The van der Waals surface area contributed by atoms with E-state index in [1.165, 1.54) is 40.6 Å². The molecule has 2 aliphatic rings. The van der Waals surface area contributed by atoms with E-state index in [4.69, 9.17) is 0 Å². The molecule has 0 heterocycles. The largest absolute Gasteiger partial charge is 0.405 e. The van der Waals surface area contributed by atoms with Gasteiger partial charge in [0.05, 0.1) is 6.10 Å². The number of rotatable bonds is 6. The first-order chi connectivity index (χ1) is 18.1. The third-order valence-electron chi connectivity index (χ3n) is 7.34. The Morgan fingerprint density at radius 2 is 1.79 bits per heavy atom. The maximum absolute atomic E-state index is 13.2. The van der Waals surface area contributed by atoms with Gasteiger partial charge in [0.2, 0.25) is 0 Å². The van der Waals surface area contributed by atoms with Crippen LogP contribution in [0.2, 0.25) is 0 Å². The maximum Gasteiger partial charge on any atom is 0.126 e. The molecule has 1 fully saturated rings. The smallest absolute Gasteiger partial charge is 0.126 e. The molecule has 2 aromatic carbocycles. The number of aliphatic hydroxyl groups is 1. The number of fused-ring (bicyclic) bond motifs is 1. The number of aryl methyl sites for hydroxylation is 1. The predicted molar refractivity (Wildman–Crippen MR) is 157 cm³/mol. The predicted octanol–water partition coefficient (Wildman–Crippen LogP) is 8.55. The van der Waals surface area contributed by atoms with Crippen LogP contribution in [0.5, 0.6) is 0 Å². The summed E-state index contributed by atoms with van der Waals surface area (Å²) in [4.78, 5) is 0. The summed E-state index contributed by atoms with van der Waals surface area (Å²) in [5, 5.41) is 10.4. The van der Waals surface area contributed by atoms with E-state index in [0.29, 0.717) is 0 Å². The number of halogens is 2. The molecule has 0 aliphatic heterocycles. The molecule has 0 spiro atoms. The van der Waals surface area contributed by atoms with Crippen LogP contribution < -0.4 is 5.73 Å². The van der Waals surface area contributed by atoms with Gasteiger partial charge in [-0.05, 0) is 105 Å². The lowest BCUT2D eigenvalue weighted by molar-refractivity contribution is 0.0834. The Kier molecular flexibility index (Phi) is 12.2. The van der Waals surface area contributed by atoms with E-state index in [9.17, 15) is 13.9 Å². The molecule has 1 saturated carbocycles. The normalized spacial score (nSPS) is 19.8. The van der Waals surface area contributed by atoms with Crippen LogP contribution in [-0.2, 0) is 19.3 Å². The lowest BCUT2D eigenvalue weighted by Gasteiger charge is -2.35. The lowest BCUT2D eigenvalue weighted by atomic mass is 9.71. The Balaban J connectivity index is 0.000000284. The summed E-state index contributed by atoms with van der Waals surface area (Å²) in [5.41, 5.74) is 12.9. The molecular formula is C34H45F2NO. The topological polar surface area (TPSA) is 46.2 Å². The Morgan fingerprint density at radius 3 is 2.37 bits per heavy atom. The number of hydrogen-bond acceptors (Lipinski definition) is 2. The number of aliphatic hydroxyl groups excluding tert-OH is 1. The molecule has 0 amide bonds. The second kappa shape index (κ2) is 14.8. The fourth-order valence-electron chi connectivity index (χ4n) is 5.33. The second-order valence-electron chi connectivity index (χ2n) is 10.6. The molecule has 2 unspecified atom stereocenters. The average Bonchev–Trinajstić information content (AvgIpc) is 3.16. The molecule has 0 saturated heterocycles. The van der Waals surface area contributed by atoms with Gasteiger partial charge in [-0.25, -0.2) is 8.78 Å². The van der Waals surface area contributed by atoms with Crippen LogP contribution in [0.25, 0.3) is 0 Å². The van der Waals surface area contributed by atoms with Crippen LogP contribution in [0, 0.1) is 17.0 Å². The van der Waals surface area contributed by atoms with Crippen molar-refractivity contribution in [2.45, 2.75) is 85.7 Å². The summed E-state index contributed by atoms with van der Waals surface area (Å²) < 4.78 is 26.3. The van der Waals surface area contributed by atoms with Gasteiger partial charge in [-0.3, -0.25) is 0 Å². The Labute approximate surface area is 228 Å². The third kappa shape index (κ3) is 8.26. The van der Waals surface area contributed by atoms with E-state index in [2.05, 4.69) is 59.1 Å². The molecule has 0 bridgehead atoms. The van der Waals surface area contributed by atoms with E-state index >= 15 is 0 Å². The van der Waals surface area contributed by atoms with Crippen molar-refractivity contribution in [2.75, 3.05) is 0 Å². The summed E-state index contributed by atoms with van der Waals surface area (Å²) in [5.74, 6) is -0.239. The summed E-state index contributed by atoms with van der Waals surface area (Å²) in [6, 6.07) is 12.1.